The fraction of sp³-hybridized carbons (Fsp3) is 0.0526. The predicted octanol–water partition coefficient (Wildman–Crippen LogP) is 16.0. The van der Waals surface area contributed by atoms with Crippen molar-refractivity contribution in [2.75, 3.05) is 4.90 Å². The smallest absolute Gasteiger partial charge is 0.137 e. The van der Waals surface area contributed by atoms with E-state index in [-0.39, 0.29) is 5.41 Å². The van der Waals surface area contributed by atoms with Crippen LogP contribution in [0, 0.1) is 0 Å². The van der Waals surface area contributed by atoms with Crippen LogP contribution in [0.3, 0.4) is 0 Å². The van der Waals surface area contributed by atoms with Gasteiger partial charge >= 0.3 is 0 Å². The molecule has 11 rings (SSSR count). The maximum Gasteiger partial charge on any atom is 0.137 e. The van der Waals surface area contributed by atoms with Crippen molar-refractivity contribution in [3.63, 3.8) is 0 Å². The first-order valence-electron chi connectivity index (χ1n) is 20.4. The van der Waals surface area contributed by atoms with Crippen molar-refractivity contribution in [1.82, 2.24) is 0 Å². The molecule has 2 heteroatoms. The van der Waals surface area contributed by atoms with Gasteiger partial charge in [0.15, 0.2) is 0 Å². The van der Waals surface area contributed by atoms with E-state index in [1.165, 1.54) is 50.1 Å². The lowest BCUT2D eigenvalue weighted by Gasteiger charge is -2.31. The number of benzene rings is 9. The second kappa shape index (κ2) is 13.9. The summed E-state index contributed by atoms with van der Waals surface area (Å²) in [6.07, 6.45) is 0. The largest absolute Gasteiger partial charge is 0.456 e. The molecule has 1 heterocycles. The second-order valence-corrected chi connectivity index (χ2v) is 16.0. The fourth-order valence-electron chi connectivity index (χ4n) is 9.60. The average molecular weight is 756 g/mol. The lowest BCUT2D eigenvalue weighted by molar-refractivity contribution is 0.660. The van der Waals surface area contributed by atoms with Gasteiger partial charge in [0.1, 0.15) is 11.2 Å². The van der Waals surface area contributed by atoms with Crippen molar-refractivity contribution in [1.29, 1.82) is 0 Å². The first-order chi connectivity index (χ1) is 29.1. The minimum atomic E-state index is -0.0948. The van der Waals surface area contributed by atoms with Crippen molar-refractivity contribution >= 4 is 39.0 Å². The number of hydrogen-bond donors (Lipinski definition) is 0. The Morgan fingerprint density at radius 1 is 0.373 bits per heavy atom. The van der Waals surface area contributed by atoms with E-state index in [0.717, 1.165) is 55.7 Å². The van der Waals surface area contributed by atoms with Crippen LogP contribution in [0.5, 0.6) is 0 Å². The van der Waals surface area contributed by atoms with Gasteiger partial charge in [0, 0.05) is 22.1 Å². The molecule has 1 aliphatic carbocycles. The minimum absolute atomic E-state index is 0.0948. The summed E-state index contributed by atoms with van der Waals surface area (Å²) in [5, 5.41) is 2.17. The van der Waals surface area contributed by atoms with Crippen LogP contribution in [0.15, 0.2) is 217 Å². The molecule has 0 radical (unpaired) electrons. The molecular weight excluding hydrogens is 715 g/mol. The summed E-state index contributed by atoms with van der Waals surface area (Å²) < 4.78 is 6.57. The number of para-hydroxylation sites is 1. The fourth-order valence-corrected chi connectivity index (χ4v) is 9.60. The highest BCUT2D eigenvalue weighted by Crippen LogP contribution is 2.54. The standard InChI is InChI=1S/C57H41NO/c1-57(2)48-31-13-11-27-46(48)54-44(29-16-32-49(54)57)40-23-15-24-41(37-40)58(51-34-18-36-53-56(51)47-28-12-14-35-52(47)59-53)50-33-17-30-43(39-21-7-4-8-22-39)55(50)45-26-10-9-25-42(45)38-19-5-3-6-20-38/h3-37H,1-2H3. The number of rotatable bonds is 7. The number of fused-ring (bicyclic) bond motifs is 6. The van der Waals surface area contributed by atoms with Gasteiger partial charge in [-0.15, -0.1) is 0 Å². The van der Waals surface area contributed by atoms with E-state index in [2.05, 4.69) is 225 Å². The van der Waals surface area contributed by atoms with Crippen LogP contribution in [-0.2, 0) is 5.41 Å². The topological polar surface area (TPSA) is 16.4 Å². The molecule has 0 bridgehead atoms. The molecule has 1 aromatic heterocycles. The summed E-state index contributed by atoms with van der Waals surface area (Å²) in [4.78, 5) is 2.47. The van der Waals surface area contributed by atoms with Gasteiger partial charge in [0.2, 0.25) is 0 Å². The van der Waals surface area contributed by atoms with Crippen molar-refractivity contribution in [2.45, 2.75) is 19.3 Å². The van der Waals surface area contributed by atoms with Crippen molar-refractivity contribution in [3.8, 4) is 55.6 Å². The van der Waals surface area contributed by atoms with Crippen molar-refractivity contribution in [3.05, 3.63) is 223 Å². The summed E-state index contributed by atoms with van der Waals surface area (Å²) >= 11 is 0. The highest BCUT2D eigenvalue weighted by Gasteiger charge is 2.36. The third kappa shape index (κ3) is 5.63. The molecule has 10 aromatic rings. The molecule has 0 N–H and O–H groups in total. The Bertz CT molecular complexity index is 3190. The molecule has 59 heavy (non-hydrogen) atoms. The van der Waals surface area contributed by atoms with Crippen LogP contribution in [0.25, 0.3) is 77.6 Å². The monoisotopic (exact) mass is 755 g/mol. The van der Waals surface area contributed by atoms with Crippen molar-refractivity contribution < 1.29 is 4.42 Å². The van der Waals surface area contributed by atoms with Crippen LogP contribution in [0.4, 0.5) is 17.1 Å². The van der Waals surface area contributed by atoms with Crippen LogP contribution in [-0.4, -0.2) is 0 Å². The Morgan fingerprint density at radius 3 is 1.69 bits per heavy atom. The number of nitrogens with zero attached hydrogens (tertiary/aromatic N) is 1. The van der Waals surface area contributed by atoms with E-state index in [0.29, 0.717) is 0 Å². The molecule has 0 saturated heterocycles. The van der Waals surface area contributed by atoms with Gasteiger partial charge in [-0.25, -0.2) is 0 Å². The summed E-state index contributed by atoms with van der Waals surface area (Å²) in [5.74, 6) is 0. The van der Waals surface area contributed by atoms with E-state index in [4.69, 9.17) is 4.42 Å². The summed E-state index contributed by atoms with van der Waals surface area (Å²) in [6, 6.07) is 76.9. The molecule has 280 valence electrons. The van der Waals surface area contributed by atoms with E-state index in [1.54, 1.807) is 0 Å². The van der Waals surface area contributed by atoms with E-state index in [9.17, 15) is 0 Å². The molecule has 0 spiro atoms. The molecule has 9 aromatic carbocycles. The van der Waals surface area contributed by atoms with Gasteiger partial charge in [-0.3, -0.25) is 0 Å². The lowest BCUT2D eigenvalue weighted by atomic mass is 9.82. The normalized spacial score (nSPS) is 12.7. The van der Waals surface area contributed by atoms with Crippen LogP contribution in [0.1, 0.15) is 25.0 Å². The summed E-state index contributed by atoms with van der Waals surface area (Å²) in [5.41, 5.74) is 19.6. The number of anilines is 3. The molecule has 1 aliphatic rings. The Balaban J connectivity index is 1.23. The predicted molar refractivity (Wildman–Crippen MR) is 248 cm³/mol. The molecule has 0 fully saturated rings. The molecule has 0 atom stereocenters. The summed E-state index contributed by atoms with van der Waals surface area (Å²) in [6.45, 7) is 4.70. The third-order valence-corrected chi connectivity index (χ3v) is 12.3. The molecule has 2 nitrogen and oxygen atoms in total. The first-order valence-corrected chi connectivity index (χ1v) is 20.4. The Labute approximate surface area is 345 Å². The van der Waals surface area contributed by atoms with Gasteiger partial charge in [-0.05, 0) is 97.6 Å². The second-order valence-electron chi connectivity index (χ2n) is 16.0. The number of furan rings is 1. The Hall–Kier alpha value is -7.42. The number of hydrogen-bond acceptors (Lipinski definition) is 2. The SMILES string of the molecule is CC1(C)c2ccccc2-c2c(-c3cccc(N(c4cccc(-c5ccccc5)c4-c4ccccc4-c4ccccc4)c4cccc5oc6ccccc6c45)c3)cccc21. The van der Waals surface area contributed by atoms with Crippen LogP contribution >= 0.6 is 0 Å². The molecular formula is C57H41NO. The molecule has 0 aliphatic heterocycles. The zero-order valence-corrected chi connectivity index (χ0v) is 33.1. The minimum Gasteiger partial charge on any atom is -0.456 e. The van der Waals surface area contributed by atoms with Crippen molar-refractivity contribution in [2.24, 2.45) is 0 Å². The van der Waals surface area contributed by atoms with Gasteiger partial charge in [-0.2, -0.15) is 0 Å². The molecule has 0 unspecified atom stereocenters. The van der Waals surface area contributed by atoms with E-state index < -0.39 is 0 Å². The Kier molecular flexibility index (Phi) is 8.20. The zero-order chi connectivity index (χ0) is 39.5. The van der Waals surface area contributed by atoms with Crippen LogP contribution < -0.4 is 4.90 Å². The van der Waals surface area contributed by atoms with Gasteiger partial charge in [0.25, 0.3) is 0 Å². The quantitative estimate of drug-likeness (QED) is 0.161. The van der Waals surface area contributed by atoms with Crippen LogP contribution in [0.2, 0.25) is 0 Å². The van der Waals surface area contributed by atoms with Gasteiger partial charge in [0.05, 0.1) is 16.8 Å². The highest BCUT2D eigenvalue weighted by atomic mass is 16.3. The maximum absolute atomic E-state index is 6.57. The lowest BCUT2D eigenvalue weighted by Crippen LogP contribution is -2.14. The highest BCUT2D eigenvalue weighted by molar-refractivity contribution is 6.14. The zero-order valence-electron chi connectivity index (χ0n) is 33.1. The average Bonchev–Trinajstić information content (AvgIpc) is 3.79. The van der Waals surface area contributed by atoms with E-state index in [1.807, 2.05) is 6.07 Å². The van der Waals surface area contributed by atoms with E-state index >= 15 is 0 Å². The van der Waals surface area contributed by atoms with Gasteiger partial charge < -0.3 is 9.32 Å². The maximum atomic E-state index is 6.57. The molecule has 0 saturated carbocycles. The Morgan fingerprint density at radius 2 is 0.898 bits per heavy atom. The first kappa shape index (κ1) is 34.8. The van der Waals surface area contributed by atoms with Gasteiger partial charge in [-0.1, -0.05) is 190 Å². The summed E-state index contributed by atoms with van der Waals surface area (Å²) in [7, 11) is 0. The third-order valence-electron chi connectivity index (χ3n) is 12.3. The molecule has 0 amide bonds.